The molecule has 3 rings (SSSR count). The molecular formula is C27H29NO3. The molecule has 0 aromatic heterocycles. The zero-order valence-electron chi connectivity index (χ0n) is 17.9. The fourth-order valence-corrected chi connectivity index (χ4v) is 3.63. The summed E-state index contributed by atoms with van der Waals surface area (Å²) in [5.41, 5.74) is 3.26. The molecule has 3 aromatic rings. The molecule has 4 nitrogen and oxygen atoms in total. The van der Waals surface area contributed by atoms with Crippen LogP contribution in [-0.4, -0.2) is 34.2 Å². The Morgan fingerprint density at radius 2 is 1.32 bits per heavy atom. The lowest BCUT2D eigenvalue weighted by atomic mass is 9.94. The number of carbonyl (C=O) groups is 1. The summed E-state index contributed by atoms with van der Waals surface area (Å²) in [6.07, 6.45) is 0.0261. The molecule has 0 bridgehead atoms. The van der Waals surface area contributed by atoms with Crippen LogP contribution in [0.1, 0.15) is 42.2 Å². The zero-order valence-corrected chi connectivity index (χ0v) is 17.9. The second kappa shape index (κ2) is 10.7. The summed E-state index contributed by atoms with van der Waals surface area (Å²) in [6.45, 7) is 1.82. The van der Waals surface area contributed by atoms with Crippen molar-refractivity contribution >= 4 is 12.0 Å². The third-order valence-electron chi connectivity index (χ3n) is 5.48. The smallest absolute Gasteiger partial charge is 0.225 e. The van der Waals surface area contributed by atoms with E-state index in [-0.39, 0.29) is 12.3 Å². The van der Waals surface area contributed by atoms with Crippen molar-refractivity contribution in [2.75, 3.05) is 7.05 Å². The van der Waals surface area contributed by atoms with E-state index < -0.39 is 18.2 Å². The third-order valence-corrected chi connectivity index (χ3v) is 5.48. The number of benzene rings is 3. The van der Waals surface area contributed by atoms with E-state index in [0.717, 1.165) is 16.7 Å². The number of nitrogens with zero attached hydrogens (tertiary/aromatic N) is 1. The number of rotatable bonds is 8. The summed E-state index contributed by atoms with van der Waals surface area (Å²) in [4.78, 5) is 14.6. The van der Waals surface area contributed by atoms with Crippen LogP contribution in [0.25, 0.3) is 6.08 Å². The van der Waals surface area contributed by atoms with Crippen molar-refractivity contribution in [3.05, 3.63) is 113 Å². The predicted octanol–water partition coefficient (Wildman–Crippen LogP) is 4.77. The van der Waals surface area contributed by atoms with Gasteiger partial charge in [0, 0.05) is 7.05 Å². The van der Waals surface area contributed by atoms with Crippen LogP contribution in [0.2, 0.25) is 0 Å². The zero-order chi connectivity index (χ0) is 22.2. The molecule has 160 valence electrons. The van der Waals surface area contributed by atoms with Crippen molar-refractivity contribution < 1.29 is 15.0 Å². The summed E-state index contributed by atoms with van der Waals surface area (Å²) < 4.78 is 0. The Kier molecular flexibility index (Phi) is 7.76. The van der Waals surface area contributed by atoms with Crippen molar-refractivity contribution in [3.63, 3.8) is 0 Å². The van der Waals surface area contributed by atoms with Gasteiger partial charge in [0.05, 0.1) is 18.6 Å². The van der Waals surface area contributed by atoms with Crippen molar-refractivity contribution in [1.29, 1.82) is 0 Å². The molecule has 31 heavy (non-hydrogen) atoms. The normalized spacial score (nSPS) is 14.5. The van der Waals surface area contributed by atoms with Gasteiger partial charge in [0.25, 0.3) is 0 Å². The highest BCUT2D eigenvalue weighted by Crippen LogP contribution is 2.34. The van der Waals surface area contributed by atoms with Crippen molar-refractivity contribution in [3.8, 4) is 0 Å². The van der Waals surface area contributed by atoms with Gasteiger partial charge >= 0.3 is 0 Å². The van der Waals surface area contributed by atoms with Crippen LogP contribution < -0.4 is 0 Å². The molecule has 1 amide bonds. The topological polar surface area (TPSA) is 60.8 Å². The van der Waals surface area contributed by atoms with Crippen LogP contribution in [0.15, 0.2) is 96.6 Å². The minimum Gasteiger partial charge on any atom is -0.388 e. The average Bonchev–Trinajstić information content (AvgIpc) is 2.81. The molecule has 0 saturated heterocycles. The Balaban J connectivity index is 1.79. The maximum absolute atomic E-state index is 13.1. The molecule has 4 heteroatoms. The van der Waals surface area contributed by atoms with Gasteiger partial charge in [0.2, 0.25) is 5.91 Å². The van der Waals surface area contributed by atoms with Gasteiger partial charge in [-0.05, 0) is 29.2 Å². The largest absolute Gasteiger partial charge is 0.388 e. The molecule has 0 saturated carbocycles. The van der Waals surface area contributed by atoms with Crippen LogP contribution in [0.4, 0.5) is 0 Å². The minimum atomic E-state index is -0.902. The van der Waals surface area contributed by atoms with E-state index in [1.54, 1.807) is 7.05 Å². The Labute approximate surface area is 184 Å². The molecule has 3 atom stereocenters. The molecule has 0 aliphatic heterocycles. The first kappa shape index (κ1) is 22.5. The van der Waals surface area contributed by atoms with Gasteiger partial charge in [-0.1, -0.05) is 97.1 Å². The summed E-state index contributed by atoms with van der Waals surface area (Å²) in [5.74, 6) is -0.239. The highest BCUT2D eigenvalue weighted by atomic mass is 16.3. The molecule has 0 aliphatic rings. The number of likely N-dealkylation sites (N-methyl/N-ethyl adjacent to an activating group) is 1. The summed E-state index contributed by atoms with van der Waals surface area (Å²) in [6, 6.07) is 27.9. The molecule has 3 unspecified atom stereocenters. The maximum Gasteiger partial charge on any atom is 0.225 e. The van der Waals surface area contributed by atoms with Crippen LogP contribution in [0, 0.1) is 0 Å². The fraction of sp³-hybridized carbons (Fsp3) is 0.222. The minimum absolute atomic E-state index is 0.0590. The Morgan fingerprint density at radius 1 is 0.839 bits per heavy atom. The second-order valence-corrected chi connectivity index (χ2v) is 7.73. The fourth-order valence-electron chi connectivity index (χ4n) is 3.63. The quantitative estimate of drug-likeness (QED) is 0.557. The lowest BCUT2D eigenvalue weighted by molar-refractivity contribution is -0.136. The van der Waals surface area contributed by atoms with Crippen LogP contribution in [0.5, 0.6) is 0 Å². The first-order valence-electron chi connectivity index (χ1n) is 10.4. The molecule has 0 radical (unpaired) electrons. The van der Waals surface area contributed by atoms with Gasteiger partial charge in [0.15, 0.2) is 0 Å². The van der Waals surface area contributed by atoms with E-state index in [1.165, 1.54) is 4.90 Å². The molecular weight excluding hydrogens is 386 g/mol. The number of amides is 1. The maximum atomic E-state index is 13.1. The van der Waals surface area contributed by atoms with E-state index in [2.05, 4.69) is 0 Å². The van der Waals surface area contributed by atoms with E-state index in [9.17, 15) is 15.0 Å². The highest BCUT2D eigenvalue weighted by Gasteiger charge is 2.30. The van der Waals surface area contributed by atoms with E-state index in [4.69, 9.17) is 0 Å². The number of carbonyl (C=O) groups excluding carboxylic acids is 1. The highest BCUT2D eigenvalue weighted by molar-refractivity contribution is 5.78. The molecule has 2 N–H and O–H groups in total. The molecule has 3 aromatic carbocycles. The van der Waals surface area contributed by atoms with Gasteiger partial charge in [-0.25, -0.2) is 0 Å². The lowest BCUT2D eigenvalue weighted by Gasteiger charge is -2.33. The van der Waals surface area contributed by atoms with Gasteiger partial charge in [0.1, 0.15) is 6.10 Å². The monoisotopic (exact) mass is 415 g/mol. The van der Waals surface area contributed by atoms with Crippen LogP contribution in [0.3, 0.4) is 0 Å². The molecule has 0 heterocycles. The van der Waals surface area contributed by atoms with Gasteiger partial charge in [-0.3, -0.25) is 4.79 Å². The van der Waals surface area contributed by atoms with Gasteiger partial charge in [-0.2, -0.15) is 0 Å². The number of hydrogen-bond acceptors (Lipinski definition) is 3. The van der Waals surface area contributed by atoms with Crippen LogP contribution >= 0.6 is 0 Å². The van der Waals surface area contributed by atoms with E-state index in [0.29, 0.717) is 5.57 Å². The Hall–Kier alpha value is -3.21. The summed E-state index contributed by atoms with van der Waals surface area (Å²) >= 11 is 0. The van der Waals surface area contributed by atoms with Gasteiger partial charge in [-0.15, -0.1) is 0 Å². The van der Waals surface area contributed by atoms with Crippen molar-refractivity contribution in [2.45, 2.75) is 31.6 Å². The third kappa shape index (κ3) is 5.91. The standard InChI is InChI=1S/C27H29NO3/c1-20(18-21-12-6-3-7-13-21)24(29)19-25(30)28(2)26(22-14-8-4-9-15-22)27(31)23-16-10-5-11-17-23/h3-18,24,26-27,29,31H,19H2,1-2H3. The van der Waals surface area contributed by atoms with Crippen molar-refractivity contribution in [2.24, 2.45) is 0 Å². The Bertz CT molecular complexity index is 987. The number of aliphatic hydroxyl groups is 2. The molecule has 0 spiro atoms. The van der Waals surface area contributed by atoms with Crippen LogP contribution in [-0.2, 0) is 4.79 Å². The first-order valence-corrected chi connectivity index (χ1v) is 10.4. The summed E-state index contributed by atoms with van der Waals surface area (Å²) in [7, 11) is 1.68. The predicted molar refractivity (Wildman–Crippen MR) is 124 cm³/mol. The van der Waals surface area contributed by atoms with Gasteiger partial charge < -0.3 is 15.1 Å². The number of aliphatic hydroxyl groups excluding tert-OH is 2. The summed E-state index contributed by atoms with van der Waals surface area (Å²) in [5, 5.41) is 21.8. The van der Waals surface area contributed by atoms with E-state index in [1.807, 2.05) is 104 Å². The average molecular weight is 416 g/mol. The SMILES string of the molecule is CC(=Cc1ccccc1)C(O)CC(=O)N(C)C(c1ccccc1)C(O)c1ccccc1. The lowest BCUT2D eigenvalue weighted by Crippen LogP contribution is -2.36. The van der Waals surface area contributed by atoms with Crippen molar-refractivity contribution in [1.82, 2.24) is 4.90 Å². The molecule has 0 aliphatic carbocycles. The Morgan fingerprint density at radius 3 is 1.87 bits per heavy atom. The number of hydrogen-bond donors (Lipinski definition) is 2. The first-order chi connectivity index (χ1) is 15.0. The van der Waals surface area contributed by atoms with E-state index >= 15 is 0 Å². The second-order valence-electron chi connectivity index (χ2n) is 7.73. The molecule has 0 fully saturated rings.